The largest absolute Gasteiger partial charge is 0.481 e. The van der Waals surface area contributed by atoms with Gasteiger partial charge in [-0.15, -0.1) is 0 Å². The lowest BCUT2D eigenvalue weighted by molar-refractivity contribution is 0.0597. The van der Waals surface area contributed by atoms with Gasteiger partial charge in [0.15, 0.2) is 0 Å². The highest BCUT2D eigenvalue weighted by Gasteiger charge is 2.22. The summed E-state index contributed by atoms with van der Waals surface area (Å²) in [4.78, 5) is 25.3. The molecule has 9 nitrogen and oxygen atoms in total. The average Bonchev–Trinajstić information content (AvgIpc) is 2.67. The molecular formula is C17H19N3O6. The van der Waals surface area contributed by atoms with Gasteiger partial charge in [0.1, 0.15) is 18.4 Å². The van der Waals surface area contributed by atoms with Gasteiger partial charge in [-0.25, -0.2) is 4.79 Å². The van der Waals surface area contributed by atoms with Crippen LogP contribution in [-0.4, -0.2) is 50.1 Å². The van der Waals surface area contributed by atoms with Crippen LogP contribution in [0.2, 0.25) is 0 Å². The minimum Gasteiger partial charge on any atom is -0.481 e. The summed E-state index contributed by atoms with van der Waals surface area (Å²) in [5.74, 6) is 0.0888. The second kappa shape index (κ2) is 8.65. The molecule has 138 valence electrons. The third-order valence-corrected chi connectivity index (χ3v) is 3.31. The van der Waals surface area contributed by atoms with Crippen LogP contribution in [0.3, 0.4) is 0 Å². The van der Waals surface area contributed by atoms with E-state index >= 15 is 0 Å². The maximum absolute atomic E-state index is 12.3. The molecule has 0 unspecified atom stereocenters. The van der Waals surface area contributed by atoms with Crippen molar-refractivity contribution in [2.24, 2.45) is 5.16 Å². The Hall–Kier alpha value is -3.36. The number of hydrogen-bond donors (Lipinski definition) is 0. The topological polar surface area (TPSA) is 101 Å². The monoisotopic (exact) mass is 361 g/mol. The maximum atomic E-state index is 12.3. The number of rotatable bonds is 7. The van der Waals surface area contributed by atoms with Crippen molar-refractivity contribution in [3.8, 4) is 23.5 Å². The van der Waals surface area contributed by atoms with Crippen LogP contribution in [-0.2, 0) is 9.57 Å². The summed E-state index contributed by atoms with van der Waals surface area (Å²) >= 11 is 0. The normalized spacial score (nSPS) is 10.9. The SMILES string of the molecule is CO/N=C(/C)c1cccc(Oc2nc(OC)cc(OC)n2)c1C(=O)OC. The van der Waals surface area contributed by atoms with Crippen molar-refractivity contribution in [1.29, 1.82) is 0 Å². The number of benzene rings is 1. The van der Waals surface area contributed by atoms with Crippen LogP contribution < -0.4 is 14.2 Å². The summed E-state index contributed by atoms with van der Waals surface area (Å²) in [6, 6.07) is 6.43. The number of hydrogen-bond acceptors (Lipinski definition) is 9. The first-order chi connectivity index (χ1) is 12.5. The molecule has 0 radical (unpaired) electrons. The maximum Gasteiger partial charge on any atom is 0.342 e. The van der Waals surface area contributed by atoms with E-state index in [9.17, 15) is 4.79 Å². The number of esters is 1. The van der Waals surface area contributed by atoms with Gasteiger partial charge in [0, 0.05) is 5.56 Å². The van der Waals surface area contributed by atoms with Gasteiger partial charge in [-0.1, -0.05) is 17.3 Å². The number of ether oxygens (including phenoxy) is 4. The second-order valence-corrected chi connectivity index (χ2v) is 4.87. The van der Waals surface area contributed by atoms with Gasteiger partial charge in [0.25, 0.3) is 0 Å². The molecular weight excluding hydrogens is 342 g/mol. The van der Waals surface area contributed by atoms with Gasteiger partial charge >= 0.3 is 12.0 Å². The summed E-state index contributed by atoms with van der Waals surface area (Å²) < 4.78 is 20.8. The Kier molecular flexibility index (Phi) is 6.31. The molecule has 2 rings (SSSR count). The van der Waals surface area contributed by atoms with Gasteiger partial charge in [-0.2, -0.15) is 9.97 Å². The molecule has 0 atom stereocenters. The molecule has 9 heteroatoms. The van der Waals surface area contributed by atoms with Gasteiger partial charge in [0.05, 0.1) is 33.1 Å². The van der Waals surface area contributed by atoms with Crippen molar-refractivity contribution in [3.63, 3.8) is 0 Å². The van der Waals surface area contributed by atoms with E-state index in [2.05, 4.69) is 15.1 Å². The predicted octanol–water partition coefficient (Wildman–Crippen LogP) is 2.44. The zero-order valence-corrected chi connectivity index (χ0v) is 15.1. The van der Waals surface area contributed by atoms with Gasteiger partial charge < -0.3 is 23.8 Å². The number of carbonyl (C=O) groups excluding carboxylic acids is 1. The summed E-state index contributed by atoms with van der Waals surface area (Å²) in [5.41, 5.74) is 1.13. The molecule has 0 bridgehead atoms. The molecule has 0 spiro atoms. The molecule has 0 fully saturated rings. The number of oxime groups is 1. The average molecular weight is 361 g/mol. The molecule has 0 aliphatic rings. The van der Waals surface area contributed by atoms with Crippen molar-refractivity contribution < 1.29 is 28.6 Å². The fourth-order valence-electron chi connectivity index (χ4n) is 2.15. The van der Waals surface area contributed by atoms with Gasteiger partial charge in [0.2, 0.25) is 11.8 Å². The van der Waals surface area contributed by atoms with E-state index in [4.69, 9.17) is 23.8 Å². The molecule has 0 saturated carbocycles. The number of aromatic nitrogens is 2. The lowest BCUT2D eigenvalue weighted by atomic mass is 10.0. The second-order valence-electron chi connectivity index (χ2n) is 4.87. The Bertz CT molecular complexity index is 800. The first kappa shape index (κ1) is 19.0. The first-order valence-electron chi connectivity index (χ1n) is 7.48. The van der Waals surface area contributed by atoms with Crippen molar-refractivity contribution in [1.82, 2.24) is 9.97 Å². The van der Waals surface area contributed by atoms with Crippen LogP contribution >= 0.6 is 0 Å². The summed E-state index contributed by atoms with van der Waals surface area (Å²) in [7, 11) is 5.60. The molecule has 0 aliphatic carbocycles. The van der Waals surface area contributed by atoms with E-state index in [0.717, 1.165) is 0 Å². The predicted molar refractivity (Wildman–Crippen MR) is 92.2 cm³/mol. The minimum atomic E-state index is -0.601. The standard InChI is InChI=1S/C17H19N3O6/c1-10(20-25-5)11-7-6-8-12(15(11)16(21)24-4)26-17-18-13(22-2)9-14(19-17)23-3/h6-9H,1-5H3/b20-10-. The third-order valence-electron chi connectivity index (χ3n) is 3.31. The fourth-order valence-corrected chi connectivity index (χ4v) is 2.15. The van der Waals surface area contributed by atoms with Gasteiger partial charge in [-0.05, 0) is 13.0 Å². The van der Waals surface area contributed by atoms with Crippen LogP contribution in [0.15, 0.2) is 29.4 Å². The summed E-state index contributed by atoms with van der Waals surface area (Å²) in [6.45, 7) is 1.69. The van der Waals surface area contributed by atoms with E-state index in [0.29, 0.717) is 11.3 Å². The lowest BCUT2D eigenvalue weighted by Gasteiger charge is -2.13. The Morgan fingerprint density at radius 1 is 1.04 bits per heavy atom. The van der Waals surface area contributed by atoms with Crippen LogP contribution in [0.25, 0.3) is 0 Å². The smallest absolute Gasteiger partial charge is 0.342 e. The third kappa shape index (κ3) is 4.18. The molecule has 0 saturated heterocycles. The minimum absolute atomic E-state index is 0.0511. The Labute approximate surface area is 150 Å². The van der Waals surface area contributed by atoms with Crippen molar-refractivity contribution in [3.05, 3.63) is 35.4 Å². The zero-order valence-electron chi connectivity index (χ0n) is 15.1. The summed E-state index contributed by atoms with van der Waals surface area (Å²) in [6.07, 6.45) is 0. The van der Waals surface area contributed by atoms with Crippen LogP contribution in [0.5, 0.6) is 23.5 Å². The van der Waals surface area contributed by atoms with Crippen molar-refractivity contribution in [2.75, 3.05) is 28.4 Å². The highest BCUT2D eigenvalue weighted by molar-refractivity contribution is 6.09. The Morgan fingerprint density at radius 2 is 1.69 bits per heavy atom. The molecule has 0 aliphatic heterocycles. The Morgan fingerprint density at radius 3 is 2.23 bits per heavy atom. The molecule has 0 N–H and O–H groups in total. The molecule has 1 heterocycles. The number of nitrogens with zero attached hydrogens (tertiary/aromatic N) is 3. The van der Waals surface area contributed by atoms with E-state index < -0.39 is 5.97 Å². The number of carbonyl (C=O) groups is 1. The molecule has 1 aromatic heterocycles. The molecule has 0 amide bonds. The molecule has 2 aromatic rings. The van der Waals surface area contributed by atoms with Gasteiger partial charge in [-0.3, -0.25) is 0 Å². The van der Waals surface area contributed by atoms with E-state index in [1.54, 1.807) is 25.1 Å². The summed E-state index contributed by atoms with van der Waals surface area (Å²) in [5, 5.41) is 3.86. The zero-order chi connectivity index (χ0) is 19.1. The van der Waals surface area contributed by atoms with Crippen LogP contribution in [0.1, 0.15) is 22.8 Å². The Balaban J connectivity index is 2.54. The highest BCUT2D eigenvalue weighted by atomic mass is 16.6. The quantitative estimate of drug-likeness (QED) is 0.421. The van der Waals surface area contributed by atoms with E-state index in [-0.39, 0.29) is 29.1 Å². The molecule has 1 aromatic carbocycles. The first-order valence-corrected chi connectivity index (χ1v) is 7.48. The lowest BCUT2D eigenvalue weighted by Crippen LogP contribution is -2.11. The highest BCUT2D eigenvalue weighted by Crippen LogP contribution is 2.29. The van der Waals surface area contributed by atoms with Crippen molar-refractivity contribution in [2.45, 2.75) is 6.92 Å². The fraction of sp³-hybridized carbons (Fsp3) is 0.294. The van der Waals surface area contributed by atoms with Crippen molar-refractivity contribution >= 4 is 11.7 Å². The number of methoxy groups -OCH3 is 3. The van der Waals surface area contributed by atoms with Crippen LogP contribution in [0, 0.1) is 0 Å². The van der Waals surface area contributed by atoms with E-state index in [1.165, 1.54) is 34.5 Å². The van der Waals surface area contributed by atoms with Crippen LogP contribution in [0.4, 0.5) is 0 Å². The molecule has 26 heavy (non-hydrogen) atoms. The van der Waals surface area contributed by atoms with E-state index in [1.807, 2.05) is 0 Å².